The fraction of sp³-hybridized carbons (Fsp3) is 0.368. The van der Waals surface area contributed by atoms with E-state index in [9.17, 15) is 0 Å². The summed E-state index contributed by atoms with van der Waals surface area (Å²) in [7, 11) is 1.69. The monoisotopic (exact) mass is 295 g/mol. The molecule has 2 aliphatic rings. The molecule has 2 aliphatic heterocycles. The molecule has 0 saturated carbocycles. The number of rotatable bonds is 1. The van der Waals surface area contributed by atoms with Crippen molar-refractivity contribution >= 4 is 5.69 Å². The van der Waals surface area contributed by atoms with Gasteiger partial charge in [0.05, 0.1) is 19.8 Å². The van der Waals surface area contributed by atoms with Gasteiger partial charge in [-0.25, -0.2) is 0 Å². The zero-order valence-corrected chi connectivity index (χ0v) is 13.2. The molecule has 0 aromatic heterocycles. The topological polar surface area (TPSA) is 30.5 Å². The second-order valence-corrected chi connectivity index (χ2v) is 6.71. The number of para-hydroxylation sites is 1. The van der Waals surface area contributed by atoms with Crippen molar-refractivity contribution in [1.29, 1.82) is 0 Å². The van der Waals surface area contributed by atoms with Gasteiger partial charge in [-0.05, 0) is 23.8 Å². The summed E-state index contributed by atoms with van der Waals surface area (Å²) in [6.45, 7) is 5.36. The third-order valence-electron chi connectivity index (χ3n) is 5.24. The van der Waals surface area contributed by atoms with Crippen LogP contribution in [0.3, 0.4) is 0 Å². The highest BCUT2D eigenvalue weighted by molar-refractivity contribution is 5.61. The van der Waals surface area contributed by atoms with E-state index < -0.39 is 0 Å². The van der Waals surface area contributed by atoms with E-state index in [1.165, 1.54) is 16.8 Å². The minimum atomic E-state index is 0.0735. The molecule has 114 valence electrons. The first-order valence-corrected chi connectivity index (χ1v) is 7.78. The van der Waals surface area contributed by atoms with Crippen molar-refractivity contribution in [2.24, 2.45) is 5.92 Å². The minimum absolute atomic E-state index is 0.0735. The van der Waals surface area contributed by atoms with E-state index in [0.29, 0.717) is 5.92 Å². The third-order valence-corrected chi connectivity index (χ3v) is 5.24. The summed E-state index contributed by atoms with van der Waals surface area (Å²) >= 11 is 0. The minimum Gasteiger partial charge on any atom is -0.497 e. The van der Waals surface area contributed by atoms with Gasteiger partial charge in [-0.2, -0.15) is 0 Å². The van der Waals surface area contributed by atoms with E-state index in [2.05, 4.69) is 49.5 Å². The molecule has 2 atom stereocenters. The molecule has 0 spiro atoms. The van der Waals surface area contributed by atoms with Crippen LogP contribution in [-0.2, 0) is 5.41 Å². The van der Waals surface area contributed by atoms with Crippen LogP contribution in [0.5, 0.6) is 11.5 Å². The maximum Gasteiger partial charge on any atom is 0.128 e. The SMILES string of the molecule is COc1ccc2c(c1)OC[C@@H]1[C@@H]2Nc2ccccc2C1(C)C. The molecule has 3 nitrogen and oxygen atoms in total. The highest BCUT2D eigenvalue weighted by atomic mass is 16.5. The van der Waals surface area contributed by atoms with E-state index in [-0.39, 0.29) is 11.5 Å². The lowest BCUT2D eigenvalue weighted by atomic mass is 9.65. The van der Waals surface area contributed by atoms with Crippen LogP contribution in [0.2, 0.25) is 0 Å². The van der Waals surface area contributed by atoms with Crippen molar-refractivity contribution in [3.05, 3.63) is 53.6 Å². The number of ether oxygens (including phenoxy) is 2. The zero-order chi connectivity index (χ0) is 15.3. The fourth-order valence-electron chi connectivity index (χ4n) is 3.86. The Morgan fingerprint density at radius 3 is 2.82 bits per heavy atom. The lowest BCUT2D eigenvalue weighted by Crippen LogP contribution is -2.46. The molecule has 0 fully saturated rings. The normalized spacial score (nSPS) is 24.1. The van der Waals surface area contributed by atoms with E-state index in [4.69, 9.17) is 9.47 Å². The van der Waals surface area contributed by atoms with Crippen molar-refractivity contribution < 1.29 is 9.47 Å². The standard InChI is InChI=1S/C19H21NO2/c1-19(2)14-6-4-5-7-16(14)20-18-13-9-8-12(21-3)10-17(13)22-11-15(18)19/h4-10,15,18,20H,11H2,1-3H3/t15-,18-/m1/s1. The van der Waals surface area contributed by atoms with Gasteiger partial charge in [0.25, 0.3) is 0 Å². The molecule has 0 radical (unpaired) electrons. The Balaban J connectivity index is 1.83. The predicted octanol–water partition coefficient (Wildman–Crippen LogP) is 4.15. The molecular formula is C19H21NO2. The van der Waals surface area contributed by atoms with Gasteiger partial charge in [0.1, 0.15) is 11.5 Å². The first-order chi connectivity index (χ1) is 10.6. The molecule has 0 bridgehead atoms. The maximum atomic E-state index is 6.07. The van der Waals surface area contributed by atoms with Crippen molar-refractivity contribution in [2.75, 3.05) is 19.0 Å². The smallest absolute Gasteiger partial charge is 0.128 e. The van der Waals surface area contributed by atoms with Gasteiger partial charge in [-0.3, -0.25) is 0 Å². The summed E-state index contributed by atoms with van der Waals surface area (Å²) in [5.41, 5.74) is 3.90. The Labute approximate surface area is 131 Å². The average Bonchev–Trinajstić information content (AvgIpc) is 2.54. The van der Waals surface area contributed by atoms with Crippen molar-refractivity contribution in [1.82, 2.24) is 0 Å². The van der Waals surface area contributed by atoms with Crippen LogP contribution >= 0.6 is 0 Å². The Morgan fingerprint density at radius 1 is 1.18 bits per heavy atom. The summed E-state index contributed by atoms with van der Waals surface area (Å²) in [6.07, 6.45) is 0. The van der Waals surface area contributed by atoms with Crippen molar-refractivity contribution in [3.8, 4) is 11.5 Å². The van der Waals surface area contributed by atoms with E-state index in [1.807, 2.05) is 12.1 Å². The number of fused-ring (bicyclic) bond motifs is 4. The first-order valence-electron chi connectivity index (χ1n) is 7.78. The number of benzene rings is 2. The molecular weight excluding hydrogens is 274 g/mol. The Kier molecular flexibility index (Phi) is 2.86. The van der Waals surface area contributed by atoms with E-state index in [1.54, 1.807) is 7.11 Å². The number of hydrogen-bond donors (Lipinski definition) is 1. The highest BCUT2D eigenvalue weighted by Crippen LogP contribution is 2.52. The number of hydrogen-bond acceptors (Lipinski definition) is 3. The van der Waals surface area contributed by atoms with Crippen LogP contribution < -0.4 is 14.8 Å². The van der Waals surface area contributed by atoms with Crippen LogP contribution in [0.25, 0.3) is 0 Å². The number of anilines is 1. The van der Waals surface area contributed by atoms with E-state index >= 15 is 0 Å². The predicted molar refractivity (Wildman–Crippen MR) is 87.8 cm³/mol. The third kappa shape index (κ3) is 1.81. The van der Waals surface area contributed by atoms with E-state index in [0.717, 1.165) is 18.1 Å². The molecule has 4 rings (SSSR count). The average molecular weight is 295 g/mol. The van der Waals surface area contributed by atoms with Gasteiger partial charge in [0, 0.05) is 28.7 Å². The molecule has 3 heteroatoms. The number of nitrogens with one attached hydrogen (secondary N) is 1. The maximum absolute atomic E-state index is 6.07. The lowest BCUT2D eigenvalue weighted by molar-refractivity contribution is 0.135. The summed E-state index contributed by atoms with van der Waals surface area (Å²) in [4.78, 5) is 0. The van der Waals surface area contributed by atoms with Crippen molar-refractivity contribution in [2.45, 2.75) is 25.3 Å². The lowest BCUT2D eigenvalue weighted by Gasteiger charge is -2.48. The fourth-order valence-corrected chi connectivity index (χ4v) is 3.86. The summed E-state index contributed by atoms with van der Waals surface area (Å²) in [5, 5.41) is 3.73. The molecule has 2 aromatic carbocycles. The molecule has 2 aromatic rings. The molecule has 0 amide bonds. The van der Waals surface area contributed by atoms with Crippen LogP contribution in [0.4, 0.5) is 5.69 Å². The molecule has 0 unspecified atom stereocenters. The second kappa shape index (κ2) is 4.67. The number of methoxy groups -OCH3 is 1. The van der Waals surface area contributed by atoms with Crippen LogP contribution in [0.15, 0.2) is 42.5 Å². The van der Waals surface area contributed by atoms with Crippen molar-refractivity contribution in [3.63, 3.8) is 0 Å². The second-order valence-electron chi connectivity index (χ2n) is 6.71. The molecule has 2 heterocycles. The van der Waals surface area contributed by atoms with Gasteiger partial charge in [0.15, 0.2) is 0 Å². The largest absolute Gasteiger partial charge is 0.497 e. The molecule has 1 N–H and O–H groups in total. The van der Waals surface area contributed by atoms with Gasteiger partial charge in [-0.1, -0.05) is 32.0 Å². The molecule has 22 heavy (non-hydrogen) atoms. The van der Waals surface area contributed by atoms with Gasteiger partial charge >= 0.3 is 0 Å². The Bertz CT molecular complexity index is 723. The van der Waals surface area contributed by atoms with Crippen LogP contribution in [0.1, 0.15) is 31.0 Å². The molecule has 0 aliphatic carbocycles. The first kappa shape index (κ1) is 13.5. The Hall–Kier alpha value is -2.16. The Morgan fingerprint density at radius 2 is 2.00 bits per heavy atom. The zero-order valence-electron chi connectivity index (χ0n) is 13.2. The van der Waals surface area contributed by atoms with Gasteiger partial charge in [-0.15, -0.1) is 0 Å². The highest BCUT2D eigenvalue weighted by Gasteiger charge is 2.46. The molecule has 0 saturated heterocycles. The van der Waals surface area contributed by atoms with Gasteiger partial charge < -0.3 is 14.8 Å². The summed E-state index contributed by atoms with van der Waals surface area (Å²) in [6, 6.07) is 15.0. The van der Waals surface area contributed by atoms with Crippen LogP contribution in [0, 0.1) is 5.92 Å². The summed E-state index contributed by atoms with van der Waals surface area (Å²) in [5.74, 6) is 2.18. The van der Waals surface area contributed by atoms with Gasteiger partial charge in [0.2, 0.25) is 0 Å². The quantitative estimate of drug-likeness (QED) is 0.857. The van der Waals surface area contributed by atoms with Crippen LogP contribution in [-0.4, -0.2) is 13.7 Å². The summed E-state index contributed by atoms with van der Waals surface area (Å²) < 4.78 is 11.4.